The van der Waals surface area contributed by atoms with Crippen LogP contribution in [0.1, 0.15) is 18.4 Å². The van der Waals surface area contributed by atoms with Gasteiger partial charge in [0.25, 0.3) is 0 Å². The molecule has 1 aromatic carbocycles. The fourth-order valence-corrected chi connectivity index (χ4v) is 2.58. The summed E-state index contributed by atoms with van der Waals surface area (Å²) >= 11 is 5.93. The molecule has 0 bridgehead atoms. The minimum atomic E-state index is -0.759. The zero-order chi connectivity index (χ0) is 13.4. The lowest BCUT2D eigenvalue weighted by Crippen LogP contribution is -2.37. The van der Waals surface area contributed by atoms with E-state index in [1.165, 1.54) is 0 Å². The van der Waals surface area contributed by atoms with Gasteiger partial charge in [0.1, 0.15) is 6.04 Å². The van der Waals surface area contributed by atoms with Gasteiger partial charge in [0.05, 0.1) is 0 Å². The number of carboxylic acids is 1. The van der Waals surface area contributed by atoms with Crippen LogP contribution >= 0.6 is 11.6 Å². The molecule has 3 rings (SSSR count). The third-order valence-corrected chi connectivity index (χ3v) is 3.84. The molecule has 1 atom stereocenters. The van der Waals surface area contributed by atoms with Crippen LogP contribution in [0.5, 0.6) is 0 Å². The Morgan fingerprint density at radius 2 is 2.32 bits per heavy atom. The van der Waals surface area contributed by atoms with Gasteiger partial charge in [0, 0.05) is 28.7 Å². The molecule has 1 aliphatic rings. The van der Waals surface area contributed by atoms with Crippen molar-refractivity contribution in [2.24, 2.45) is 5.92 Å². The van der Waals surface area contributed by atoms with E-state index in [-0.39, 0.29) is 5.92 Å². The van der Waals surface area contributed by atoms with Crippen LogP contribution in [0, 0.1) is 5.92 Å². The van der Waals surface area contributed by atoms with Crippen molar-refractivity contribution >= 4 is 28.5 Å². The lowest BCUT2D eigenvalue weighted by atomic mass is 10.1. The Balaban J connectivity index is 1.76. The first kappa shape index (κ1) is 12.5. The number of aliphatic carboxylic acids is 1. The van der Waals surface area contributed by atoms with Gasteiger partial charge in [-0.3, -0.25) is 10.1 Å². The normalized spacial score (nSPS) is 16.7. The average molecular weight is 279 g/mol. The maximum atomic E-state index is 11.2. The molecule has 1 unspecified atom stereocenters. The highest BCUT2D eigenvalue weighted by atomic mass is 35.5. The SMILES string of the molecule is O=C(O)C(NCc1c[nH]c2cc(Cl)ccc12)C1CC1. The number of hydrogen-bond acceptors (Lipinski definition) is 2. The summed E-state index contributed by atoms with van der Waals surface area (Å²) in [6, 6.07) is 5.24. The van der Waals surface area contributed by atoms with E-state index in [9.17, 15) is 9.90 Å². The summed E-state index contributed by atoms with van der Waals surface area (Å²) in [5.41, 5.74) is 2.04. The molecule has 1 fully saturated rings. The van der Waals surface area contributed by atoms with E-state index in [4.69, 9.17) is 11.6 Å². The highest BCUT2D eigenvalue weighted by Gasteiger charge is 2.35. The number of nitrogens with one attached hydrogen (secondary N) is 2. The van der Waals surface area contributed by atoms with Crippen molar-refractivity contribution in [3.8, 4) is 0 Å². The smallest absolute Gasteiger partial charge is 0.320 e. The maximum Gasteiger partial charge on any atom is 0.320 e. The first-order valence-electron chi connectivity index (χ1n) is 6.37. The molecule has 1 aromatic heterocycles. The lowest BCUT2D eigenvalue weighted by molar-refractivity contribution is -0.140. The van der Waals surface area contributed by atoms with Crippen LogP contribution < -0.4 is 5.32 Å². The van der Waals surface area contributed by atoms with E-state index in [1.54, 1.807) is 0 Å². The summed E-state index contributed by atoms with van der Waals surface area (Å²) < 4.78 is 0. The van der Waals surface area contributed by atoms with Crippen LogP contribution in [-0.2, 0) is 11.3 Å². The van der Waals surface area contributed by atoms with Crippen LogP contribution in [0.2, 0.25) is 5.02 Å². The predicted molar refractivity (Wildman–Crippen MR) is 74.3 cm³/mol. The number of benzene rings is 1. The van der Waals surface area contributed by atoms with E-state index < -0.39 is 12.0 Å². The molecule has 0 radical (unpaired) electrons. The number of rotatable bonds is 5. The van der Waals surface area contributed by atoms with Gasteiger partial charge >= 0.3 is 5.97 Å². The van der Waals surface area contributed by atoms with Crippen molar-refractivity contribution in [3.63, 3.8) is 0 Å². The van der Waals surface area contributed by atoms with E-state index >= 15 is 0 Å². The zero-order valence-corrected chi connectivity index (χ0v) is 11.1. The molecule has 0 saturated heterocycles. The van der Waals surface area contributed by atoms with Crippen molar-refractivity contribution in [1.82, 2.24) is 10.3 Å². The van der Waals surface area contributed by atoms with Crippen LogP contribution in [0.3, 0.4) is 0 Å². The monoisotopic (exact) mass is 278 g/mol. The van der Waals surface area contributed by atoms with E-state index in [0.717, 1.165) is 29.3 Å². The topological polar surface area (TPSA) is 65.1 Å². The molecule has 1 heterocycles. The number of aromatic amines is 1. The van der Waals surface area contributed by atoms with Crippen LogP contribution in [0.15, 0.2) is 24.4 Å². The average Bonchev–Trinajstić information content (AvgIpc) is 3.11. The van der Waals surface area contributed by atoms with Gasteiger partial charge in [0.2, 0.25) is 0 Å². The second-order valence-corrected chi connectivity index (χ2v) is 5.47. The highest BCUT2D eigenvalue weighted by molar-refractivity contribution is 6.31. The Hall–Kier alpha value is -1.52. The number of carboxylic acid groups (broad SMARTS) is 1. The number of H-pyrrole nitrogens is 1. The Morgan fingerprint density at radius 3 is 3.00 bits per heavy atom. The molecule has 0 amide bonds. The maximum absolute atomic E-state index is 11.2. The third-order valence-electron chi connectivity index (χ3n) is 3.60. The molecule has 1 saturated carbocycles. The standard InChI is InChI=1S/C14H15ClN2O2/c15-10-3-4-11-9(6-16-12(11)5-10)7-17-13(14(18)19)8-1-2-8/h3-6,8,13,16-17H,1-2,7H2,(H,18,19). The summed E-state index contributed by atoms with van der Waals surface area (Å²) in [5, 5.41) is 14.1. The molecule has 0 aliphatic heterocycles. The van der Waals surface area contributed by atoms with Crippen molar-refractivity contribution < 1.29 is 9.90 Å². The van der Waals surface area contributed by atoms with Gasteiger partial charge in [-0.25, -0.2) is 0 Å². The van der Waals surface area contributed by atoms with Crippen molar-refractivity contribution in [2.45, 2.75) is 25.4 Å². The predicted octanol–water partition coefficient (Wildman–Crippen LogP) is 2.77. The van der Waals surface area contributed by atoms with Crippen molar-refractivity contribution in [1.29, 1.82) is 0 Å². The fraction of sp³-hybridized carbons (Fsp3) is 0.357. The number of aromatic nitrogens is 1. The van der Waals surface area contributed by atoms with Crippen molar-refractivity contribution in [2.75, 3.05) is 0 Å². The number of fused-ring (bicyclic) bond motifs is 1. The second-order valence-electron chi connectivity index (χ2n) is 5.04. The largest absolute Gasteiger partial charge is 0.480 e. The number of hydrogen-bond donors (Lipinski definition) is 3. The molecule has 0 spiro atoms. The molecule has 5 heteroatoms. The van der Waals surface area contributed by atoms with E-state index in [0.29, 0.717) is 11.6 Å². The minimum absolute atomic E-state index is 0.289. The molecule has 3 N–H and O–H groups in total. The number of carbonyl (C=O) groups is 1. The Bertz CT molecular complexity index is 619. The molecular weight excluding hydrogens is 264 g/mol. The summed E-state index contributed by atoms with van der Waals surface area (Å²) in [7, 11) is 0. The summed E-state index contributed by atoms with van der Waals surface area (Å²) in [4.78, 5) is 14.3. The molecular formula is C14H15ClN2O2. The van der Waals surface area contributed by atoms with Crippen LogP contribution in [0.25, 0.3) is 10.9 Å². The summed E-state index contributed by atoms with van der Waals surface area (Å²) in [6.45, 7) is 0.551. The Morgan fingerprint density at radius 1 is 1.53 bits per heavy atom. The molecule has 19 heavy (non-hydrogen) atoms. The van der Waals surface area contributed by atoms with Gasteiger partial charge < -0.3 is 10.1 Å². The van der Waals surface area contributed by atoms with Gasteiger partial charge in [-0.2, -0.15) is 0 Å². The summed E-state index contributed by atoms with van der Waals surface area (Å²) in [6.07, 6.45) is 3.92. The lowest BCUT2D eigenvalue weighted by Gasteiger charge is -2.12. The second kappa shape index (κ2) is 4.87. The fourth-order valence-electron chi connectivity index (χ4n) is 2.41. The minimum Gasteiger partial charge on any atom is -0.480 e. The Kier molecular flexibility index (Phi) is 3.21. The number of halogens is 1. The van der Waals surface area contributed by atoms with Crippen molar-refractivity contribution in [3.05, 3.63) is 35.0 Å². The van der Waals surface area contributed by atoms with Gasteiger partial charge in [-0.15, -0.1) is 0 Å². The quantitative estimate of drug-likeness (QED) is 0.788. The van der Waals surface area contributed by atoms with Gasteiger partial charge in [0.15, 0.2) is 0 Å². The van der Waals surface area contributed by atoms with E-state index in [1.807, 2.05) is 24.4 Å². The molecule has 100 valence electrons. The van der Waals surface area contributed by atoms with Crippen LogP contribution in [0.4, 0.5) is 0 Å². The zero-order valence-electron chi connectivity index (χ0n) is 10.3. The molecule has 4 nitrogen and oxygen atoms in total. The first-order valence-corrected chi connectivity index (χ1v) is 6.74. The highest BCUT2D eigenvalue weighted by Crippen LogP contribution is 2.33. The Labute approximate surface area is 115 Å². The van der Waals surface area contributed by atoms with E-state index in [2.05, 4.69) is 10.3 Å². The first-order chi connectivity index (χ1) is 9.15. The third kappa shape index (κ3) is 2.60. The summed E-state index contributed by atoms with van der Waals surface area (Å²) in [5.74, 6) is -0.470. The molecule has 2 aromatic rings. The molecule has 1 aliphatic carbocycles. The van der Waals surface area contributed by atoms with Crippen LogP contribution in [-0.4, -0.2) is 22.1 Å². The van der Waals surface area contributed by atoms with Gasteiger partial charge in [-0.05, 0) is 36.5 Å². The van der Waals surface area contributed by atoms with Gasteiger partial charge in [-0.1, -0.05) is 17.7 Å².